The maximum atomic E-state index is 12.5. The lowest BCUT2D eigenvalue weighted by Crippen LogP contribution is -2.27. The molecule has 0 radical (unpaired) electrons. The van der Waals surface area contributed by atoms with E-state index in [1.807, 2.05) is 0 Å². The number of furan rings is 1. The number of amides is 1. The SMILES string of the molecule is O=C(Nc1nccs1)c1ccc(OCc2ccc(S(=O)(=O)N3CCCC3)o2)cc1. The molecular weight excluding hydrogens is 414 g/mol. The maximum absolute atomic E-state index is 12.5. The maximum Gasteiger partial charge on any atom is 0.276 e. The molecule has 0 saturated carbocycles. The number of nitrogens with one attached hydrogen (secondary N) is 1. The molecule has 0 atom stereocenters. The summed E-state index contributed by atoms with van der Waals surface area (Å²) in [6, 6.07) is 9.67. The fraction of sp³-hybridized carbons (Fsp3) is 0.263. The fourth-order valence-corrected chi connectivity index (χ4v) is 4.91. The van der Waals surface area contributed by atoms with Crippen LogP contribution >= 0.6 is 11.3 Å². The van der Waals surface area contributed by atoms with Gasteiger partial charge in [-0.1, -0.05) is 0 Å². The first-order valence-electron chi connectivity index (χ1n) is 9.05. The number of aromatic nitrogens is 1. The van der Waals surface area contributed by atoms with Crippen molar-refractivity contribution < 1.29 is 22.4 Å². The number of sulfonamides is 1. The zero-order valence-corrected chi connectivity index (χ0v) is 17.0. The normalized spacial score (nSPS) is 14.8. The van der Waals surface area contributed by atoms with Crippen LogP contribution in [0.5, 0.6) is 5.75 Å². The van der Waals surface area contributed by atoms with Gasteiger partial charge in [-0.2, -0.15) is 4.31 Å². The molecule has 0 unspecified atom stereocenters. The zero-order valence-electron chi connectivity index (χ0n) is 15.4. The smallest absolute Gasteiger partial charge is 0.276 e. The predicted molar refractivity (Wildman–Crippen MR) is 108 cm³/mol. The van der Waals surface area contributed by atoms with Gasteiger partial charge >= 0.3 is 0 Å². The van der Waals surface area contributed by atoms with E-state index in [9.17, 15) is 13.2 Å². The number of carbonyl (C=O) groups is 1. The Bertz CT molecular complexity index is 1070. The predicted octanol–water partition coefficient (Wildman–Crippen LogP) is 3.35. The van der Waals surface area contributed by atoms with E-state index in [-0.39, 0.29) is 17.6 Å². The third-order valence-corrected chi connectivity index (χ3v) is 6.91. The Labute approximate surface area is 172 Å². The summed E-state index contributed by atoms with van der Waals surface area (Å²) in [7, 11) is -3.58. The highest BCUT2D eigenvalue weighted by atomic mass is 32.2. The number of hydrogen-bond donors (Lipinski definition) is 1. The Kier molecular flexibility index (Phi) is 5.65. The van der Waals surface area contributed by atoms with E-state index in [4.69, 9.17) is 9.15 Å². The summed E-state index contributed by atoms with van der Waals surface area (Å²) in [5.41, 5.74) is 0.476. The third-order valence-electron chi connectivity index (χ3n) is 4.45. The second-order valence-electron chi connectivity index (χ2n) is 6.44. The summed E-state index contributed by atoms with van der Waals surface area (Å²) in [5.74, 6) is 0.693. The first-order chi connectivity index (χ1) is 14.0. The molecule has 1 saturated heterocycles. The van der Waals surface area contributed by atoms with E-state index in [1.165, 1.54) is 21.7 Å². The number of thiazole rings is 1. The lowest BCUT2D eigenvalue weighted by Gasteiger charge is -2.12. The van der Waals surface area contributed by atoms with Gasteiger partial charge < -0.3 is 9.15 Å². The van der Waals surface area contributed by atoms with Crippen LogP contribution in [0.2, 0.25) is 0 Å². The molecule has 10 heteroatoms. The van der Waals surface area contributed by atoms with E-state index in [0.717, 1.165) is 12.8 Å². The molecule has 0 spiro atoms. The van der Waals surface area contributed by atoms with Crippen molar-refractivity contribution in [2.45, 2.75) is 24.5 Å². The standard InChI is InChI=1S/C19H19N3O5S2/c23-18(21-19-20-9-12-28-19)14-3-5-15(6-4-14)26-13-16-7-8-17(27-16)29(24,25)22-10-1-2-11-22/h3-9,12H,1-2,10-11,13H2,(H,20,21,23). The molecule has 3 heterocycles. The van der Waals surface area contributed by atoms with Gasteiger partial charge in [0, 0.05) is 30.2 Å². The summed E-state index contributed by atoms with van der Waals surface area (Å²) in [4.78, 5) is 16.2. The lowest BCUT2D eigenvalue weighted by atomic mass is 10.2. The van der Waals surface area contributed by atoms with Crippen LogP contribution in [-0.4, -0.2) is 36.7 Å². The number of carbonyl (C=O) groups excluding carboxylic acids is 1. The van der Waals surface area contributed by atoms with Gasteiger partial charge in [-0.25, -0.2) is 13.4 Å². The van der Waals surface area contributed by atoms with Crippen molar-refractivity contribution in [1.29, 1.82) is 0 Å². The minimum atomic E-state index is -3.58. The molecule has 1 amide bonds. The minimum Gasteiger partial charge on any atom is -0.486 e. The van der Waals surface area contributed by atoms with E-state index in [1.54, 1.807) is 41.9 Å². The third kappa shape index (κ3) is 4.50. The highest BCUT2D eigenvalue weighted by Crippen LogP contribution is 2.23. The summed E-state index contributed by atoms with van der Waals surface area (Å²) in [5, 5.41) is 4.96. The molecular formula is C19H19N3O5S2. The van der Waals surface area contributed by atoms with Crippen LogP contribution in [0.25, 0.3) is 0 Å². The Morgan fingerprint density at radius 2 is 1.93 bits per heavy atom. The topological polar surface area (TPSA) is 102 Å². The number of rotatable bonds is 7. The van der Waals surface area contributed by atoms with Gasteiger partial charge in [-0.05, 0) is 49.2 Å². The molecule has 0 aliphatic carbocycles. The largest absolute Gasteiger partial charge is 0.486 e. The molecule has 152 valence electrons. The van der Waals surface area contributed by atoms with Gasteiger partial charge in [0.1, 0.15) is 18.1 Å². The molecule has 0 bridgehead atoms. The zero-order chi connectivity index (χ0) is 20.3. The van der Waals surface area contributed by atoms with Crippen molar-refractivity contribution in [2.24, 2.45) is 0 Å². The van der Waals surface area contributed by atoms with Crippen LogP contribution < -0.4 is 10.1 Å². The molecule has 1 N–H and O–H groups in total. The summed E-state index contributed by atoms with van der Waals surface area (Å²) in [6.07, 6.45) is 3.36. The van der Waals surface area contributed by atoms with Crippen LogP contribution in [0.3, 0.4) is 0 Å². The van der Waals surface area contributed by atoms with Crippen LogP contribution in [0.4, 0.5) is 5.13 Å². The Hall–Kier alpha value is -2.69. The number of anilines is 1. The molecule has 2 aromatic heterocycles. The van der Waals surface area contributed by atoms with E-state index in [0.29, 0.717) is 35.3 Å². The van der Waals surface area contributed by atoms with Crippen molar-refractivity contribution >= 4 is 32.4 Å². The van der Waals surface area contributed by atoms with Crippen molar-refractivity contribution in [1.82, 2.24) is 9.29 Å². The molecule has 1 fully saturated rings. The number of benzene rings is 1. The number of ether oxygens (including phenoxy) is 1. The second kappa shape index (κ2) is 8.36. The lowest BCUT2D eigenvalue weighted by molar-refractivity contribution is 0.102. The number of hydrogen-bond acceptors (Lipinski definition) is 7. The van der Waals surface area contributed by atoms with Crippen LogP contribution in [-0.2, 0) is 16.6 Å². The average molecular weight is 434 g/mol. The first kappa shape index (κ1) is 19.6. The van der Waals surface area contributed by atoms with Gasteiger partial charge in [-0.3, -0.25) is 10.1 Å². The Morgan fingerprint density at radius 1 is 1.17 bits per heavy atom. The van der Waals surface area contributed by atoms with E-state index >= 15 is 0 Å². The summed E-state index contributed by atoms with van der Waals surface area (Å²) in [6.45, 7) is 1.13. The van der Waals surface area contributed by atoms with Crippen molar-refractivity contribution in [2.75, 3.05) is 18.4 Å². The van der Waals surface area contributed by atoms with Crippen LogP contribution in [0, 0.1) is 0 Å². The molecule has 1 aromatic carbocycles. The second-order valence-corrected chi connectivity index (χ2v) is 9.20. The molecule has 29 heavy (non-hydrogen) atoms. The van der Waals surface area contributed by atoms with Crippen molar-refractivity contribution in [3.63, 3.8) is 0 Å². The first-order valence-corrected chi connectivity index (χ1v) is 11.4. The quantitative estimate of drug-likeness (QED) is 0.613. The van der Waals surface area contributed by atoms with Crippen molar-refractivity contribution in [3.05, 3.63) is 59.3 Å². The van der Waals surface area contributed by atoms with Crippen molar-refractivity contribution in [3.8, 4) is 5.75 Å². The fourth-order valence-electron chi connectivity index (χ4n) is 2.94. The molecule has 1 aliphatic rings. The molecule has 8 nitrogen and oxygen atoms in total. The molecule has 3 aromatic rings. The highest BCUT2D eigenvalue weighted by Gasteiger charge is 2.29. The van der Waals surface area contributed by atoms with E-state index in [2.05, 4.69) is 10.3 Å². The van der Waals surface area contributed by atoms with Crippen LogP contribution in [0.1, 0.15) is 29.0 Å². The van der Waals surface area contributed by atoms with Gasteiger partial charge in [-0.15, -0.1) is 11.3 Å². The minimum absolute atomic E-state index is 0.0628. The van der Waals surface area contributed by atoms with E-state index < -0.39 is 10.0 Å². The average Bonchev–Trinajstić information content (AvgIpc) is 3.49. The highest BCUT2D eigenvalue weighted by molar-refractivity contribution is 7.89. The van der Waals surface area contributed by atoms with Gasteiger partial charge in [0.05, 0.1) is 0 Å². The Balaban J connectivity index is 1.35. The van der Waals surface area contributed by atoms with Gasteiger partial charge in [0.25, 0.3) is 15.9 Å². The van der Waals surface area contributed by atoms with Crippen LogP contribution in [0.15, 0.2) is 57.5 Å². The monoisotopic (exact) mass is 433 g/mol. The summed E-state index contributed by atoms with van der Waals surface area (Å²) >= 11 is 1.34. The molecule has 1 aliphatic heterocycles. The Morgan fingerprint density at radius 3 is 2.62 bits per heavy atom. The van der Waals surface area contributed by atoms with Gasteiger partial charge in [0.15, 0.2) is 5.13 Å². The summed E-state index contributed by atoms with van der Waals surface area (Å²) < 4.78 is 37.5. The number of nitrogens with zero attached hydrogens (tertiary/aromatic N) is 2. The van der Waals surface area contributed by atoms with Gasteiger partial charge in [0.2, 0.25) is 5.09 Å². The molecule has 4 rings (SSSR count).